The highest BCUT2D eigenvalue weighted by molar-refractivity contribution is 5.82. The van der Waals surface area contributed by atoms with Crippen LogP contribution in [0.15, 0.2) is 60.8 Å². The maximum atomic E-state index is 12.3. The number of hydrogen-bond acceptors (Lipinski definition) is 13. The molecule has 0 aromatic rings. The summed E-state index contributed by atoms with van der Waals surface area (Å²) in [6.07, 6.45) is 5.25. The van der Waals surface area contributed by atoms with Gasteiger partial charge in [-0.1, -0.05) is 48.6 Å². The van der Waals surface area contributed by atoms with E-state index in [1.165, 1.54) is 12.2 Å². The third-order valence-electron chi connectivity index (χ3n) is 8.58. The Morgan fingerprint density at radius 3 is 2.36 bits per heavy atom. The molecule has 0 spiro atoms. The van der Waals surface area contributed by atoms with Gasteiger partial charge in [0.2, 0.25) is 0 Å². The largest absolute Gasteiger partial charge is 0.481 e. The lowest BCUT2D eigenvalue weighted by Crippen LogP contribution is -2.61. The molecule has 14 atom stereocenters. The molecule has 14 nitrogen and oxygen atoms in total. The van der Waals surface area contributed by atoms with E-state index in [0.717, 1.165) is 0 Å². The van der Waals surface area contributed by atoms with E-state index in [1.54, 1.807) is 56.4 Å². The molecule has 14 unspecified atom stereocenters. The van der Waals surface area contributed by atoms with Gasteiger partial charge in [0.1, 0.15) is 24.2 Å². The van der Waals surface area contributed by atoms with Crippen molar-refractivity contribution < 1.29 is 63.9 Å². The molecule has 4 rings (SSSR count). The minimum atomic E-state index is -2.10. The van der Waals surface area contributed by atoms with Crippen LogP contribution >= 0.6 is 0 Å². The van der Waals surface area contributed by atoms with Crippen molar-refractivity contribution in [1.82, 2.24) is 0 Å². The standard InChI is InChI=1S/C33H47NO13/c1-18-10-8-6-4-3-5-7-9-11-21(45-32-30(39)28(34)29(38)19(2)44-32)15-25-27(31(40)41)22(36)17-33(42,47-25)16-20(35)14-24-23(46-24)12-13-26(37)43-18/h3-9,11-13,18-25,27-30,32,35-36,38-39,42H,10,14-17,34H2,1-2H3,(H,40,41)/b4-3+,7-5+,8-6+,11-9+,13-12+. The van der Waals surface area contributed by atoms with Crippen LogP contribution in [0.2, 0.25) is 0 Å². The number of carboxylic acids is 1. The normalized spacial score (nSPS) is 47.2. The van der Waals surface area contributed by atoms with E-state index in [4.69, 9.17) is 29.4 Å². The first kappa shape index (κ1) is 37.1. The zero-order valence-corrected chi connectivity index (χ0v) is 26.4. The number of fused-ring (bicyclic) bond motifs is 3. The number of rotatable bonds is 3. The second-order valence-electron chi connectivity index (χ2n) is 12.6. The van der Waals surface area contributed by atoms with Gasteiger partial charge >= 0.3 is 11.9 Å². The SMILES string of the molecule is CC1C/C=C/C=C/C=C/C=C/C(OC2OC(C)C(O)C(N)C2O)CC2OC(O)(CC(O)CC3OC3/C=C/C(=O)O1)CC(O)C2C(=O)O. The highest BCUT2D eigenvalue weighted by Crippen LogP contribution is 2.39. The Kier molecular flexibility index (Phi) is 13.1. The Bertz CT molecular complexity index is 1220. The average molecular weight is 666 g/mol. The summed E-state index contributed by atoms with van der Waals surface area (Å²) in [7, 11) is 0. The van der Waals surface area contributed by atoms with Crippen molar-refractivity contribution in [1.29, 1.82) is 0 Å². The molecule has 8 N–H and O–H groups in total. The van der Waals surface area contributed by atoms with Gasteiger partial charge in [-0.15, -0.1) is 0 Å². The molecule has 14 heteroatoms. The number of carbonyl (C=O) groups excluding carboxylic acids is 1. The van der Waals surface area contributed by atoms with Crippen LogP contribution in [0, 0.1) is 5.92 Å². The summed E-state index contributed by atoms with van der Waals surface area (Å²) < 4.78 is 28.5. The second kappa shape index (κ2) is 16.6. The van der Waals surface area contributed by atoms with Crippen molar-refractivity contribution >= 4 is 11.9 Å². The maximum absolute atomic E-state index is 12.3. The number of epoxide rings is 1. The van der Waals surface area contributed by atoms with E-state index < -0.39 is 97.3 Å². The average Bonchev–Trinajstić information content (AvgIpc) is 3.72. The number of nitrogens with two attached hydrogens (primary N) is 1. The molecular formula is C33H47NO13. The Hall–Kier alpha value is -2.76. The molecule has 0 amide bonds. The van der Waals surface area contributed by atoms with Gasteiger partial charge in [0, 0.05) is 38.2 Å². The summed E-state index contributed by atoms with van der Waals surface area (Å²) in [5.41, 5.74) is 5.98. The fourth-order valence-corrected chi connectivity index (χ4v) is 6.00. The second-order valence-corrected chi connectivity index (χ2v) is 12.6. The number of allylic oxidation sites excluding steroid dienone is 6. The summed E-state index contributed by atoms with van der Waals surface area (Å²) in [6.45, 7) is 3.34. The van der Waals surface area contributed by atoms with Crippen molar-refractivity contribution in [3.8, 4) is 0 Å². The lowest BCUT2D eigenvalue weighted by molar-refractivity contribution is -0.308. The predicted octanol–water partition coefficient (Wildman–Crippen LogP) is 0.120. The van der Waals surface area contributed by atoms with E-state index in [2.05, 4.69) is 0 Å². The van der Waals surface area contributed by atoms with Crippen LogP contribution in [0.3, 0.4) is 0 Å². The van der Waals surface area contributed by atoms with Gasteiger partial charge < -0.3 is 60.1 Å². The summed E-state index contributed by atoms with van der Waals surface area (Å²) >= 11 is 0. The molecule has 0 saturated carbocycles. The van der Waals surface area contributed by atoms with Gasteiger partial charge in [0.05, 0.1) is 48.8 Å². The highest BCUT2D eigenvalue weighted by Gasteiger charge is 2.51. The van der Waals surface area contributed by atoms with E-state index in [1.807, 2.05) is 6.08 Å². The fraction of sp³-hybridized carbons (Fsp3) is 0.636. The number of hydrogen-bond donors (Lipinski definition) is 7. The number of carbonyl (C=O) groups is 2. The van der Waals surface area contributed by atoms with Crippen molar-refractivity contribution in [2.24, 2.45) is 11.7 Å². The maximum Gasteiger partial charge on any atom is 0.330 e. The van der Waals surface area contributed by atoms with Crippen LogP contribution in [0.25, 0.3) is 0 Å². The van der Waals surface area contributed by atoms with Crippen LogP contribution in [0.1, 0.15) is 46.0 Å². The van der Waals surface area contributed by atoms with Crippen molar-refractivity contribution in [2.75, 3.05) is 0 Å². The van der Waals surface area contributed by atoms with Gasteiger partial charge in [-0.3, -0.25) is 4.79 Å². The first-order valence-corrected chi connectivity index (χ1v) is 15.9. The van der Waals surface area contributed by atoms with E-state index >= 15 is 0 Å². The number of carboxylic acid groups (broad SMARTS) is 1. The number of esters is 1. The first-order valence-electron chi connectivity index (χ1n) is 15.9. The molecule has 4 aliphatic rings. The first-order chi connectivity index (χ1) is 22.3. The molecule has 4 heterocycles. The van der Waals surface area contributed by atoms with Crippen LogP contribution < -0.4 is 5.73 Å². The quantitative estimate of drug-likeness (QED) is 0.157. The molecule has 3 fully saturated rings. The van der Waals surface area contributed by atoms with E-state index in [0.29, 0.717) is 6.42 Å². The monoisotopic (exact) mass is 665 g/mol. The number of ether oxygens (including phenoxy) is 5. The number of aliphatic hydroxyl groups excluding tert-OH is 4. The molecule has 0 aliphatic carbocycles. The molecule has 47 heavy (non-hydrogen) atoms. The fourth-order valence-electron chi connectivity index (χ4n) is 6.00. The molecule has 0 aromatic carbocycles. The van der Waals surface area contributed by atoms with Crippen LogP contribution in [-0.4, -0.2) is 122 Å². The molecule has 262 valence electrons. The summed E-state index contributed by atoms with van der Waals surface area (Å²) in [4.78, 5) is 24.4. The van der Waals surface area contributed by atoms with E-state index in [-0.39, 0.29) is 25.4 Å². The van der Waals surface area contributed by atoms with Gasteiger partial charge in [0.25, 0.3) is 0 Å². The Balaban J connectivity index is 1.58. The zero-order chi connectivity index (χ0) is 34.3. The third kappa shape index (κ3) is 10.6. The van der Waals surface area contributed by atoms with Crippen LogP contribution in [0.4, 0.5) is 0 Å². The van der Waals surface area contributed by atoms with Gasteiger partial charge in [-0.25, -0.2) is 4.79 Å². The molecule has 2 bridgehead atoms. The molecule has 3 saturated heterocycles. The lowest BCUT2D eigenvalue weighted by Gasteiger charge is -2.45. The smallest absolute Gasteiger partial charge is 0.330 e. The van der Waals surface area contributed by atoms with E-state index in [9.17, 15) is 40.2 Å². The number of cyclic esters (lactones) is 1. The molecule has 0 radical (unpaired) electrons. The summed E-state index contributed by atoms with van der Waals surface area (Å²) in [6, 6.07) is -1.08. The topological polar surface area (TPSA) is 231 Å². The van der Waals surface area contributed by atoms with Crippen LogP contribution in [0.5, 0.6) is 0 Å². The predicted molar refractivity (Wildman–Crippen MR) is 165 cm³/mol. The van der Waals surface area contributed by atoms with Crippen molar-refractivity contribution in [3.63, 3.8) is 0 Å². The van der Waals surface area contributed by atoms with Crippen LogP contribution in [-0.2, 0) is 33.3 Å². The number of aliphatic hydroxyl groups is 5. The number of aliphatic carboxylic acids is 1. The van der Waals surface area contributed by atoms with Crippen molar-refractivity contribution in [3.05, 3.63) is 60.8 Å². The zero-order valence-electron chi connectivity index (χ0n) is 26.4. The Labute approximate surface area is 273 Å². The highest BCUT2D eigenvalue weighted by atomic mass is 16.7. The Morgan fingerprint density at radius 1 is 0.936 bits per heavy atom. The summed E-state index contributed by atoms with van der Waals surface area (Å²) in [5, 5.41) is 63.9. The third-order valence-corrected chi connectivity index (χ3v) is 8.58. The minimum absolute atomic E-state index is 0.0789. The van der Waals surface area contributed by atoms with Crippen molar-refractivity contribution in [2.45, 2.75) is 125 Å². The van der Waals surface area contributed by atoms with Gasteiger partial charge in [-0.2, -0.15) is 0 Å². The molecule has 0 aromatic heterocycles. The lowest BCUT2D eigenvalue weighted by atomic mass is 9.83. The van der Waals surface area contributed by atoms with Gasteiger partial charge in [-0.05, 0) is 19.9 Å². The van der Waals surface area contributed by atoms with Gasteiger partial charge in [0.15, 0.2) is 12.1 Å². The Morgan fingerprint density at radius 2 is 1.64 bits per heavy atom. The molecular weight excluding hydrogens is 618 g/mol. The minimum Gasteiger partial charge on any atom is -0.481 e. The molecule has 4 aliphatic heterocycles. The summed E-state index contributed by atoms with van der Waals surface area (Å²) in [5.74, 6) is -5.45.